The molecule has 162 valence electrons. The molecule has 2 aliphatic heterocycles. The van der Waals surface area contributed by atoms with Gasteiger partial charge >= 0.3 is 0 Å². The van der Waals surface area contributed by atoms with E-state index < -0.39 is 0 Å². The Balaban J connectivity index is 1.38. The van der Waals surface area contributed by atoms with Gasteiger partial charge < -0.3 is 19.9 Å². The highest BCUT2D eigenvalue weighted by Crippen LogP contribution is 2.37. The maximum absolute atomic E-state index is 6.01. The maximum atomic E-state index is 6.01. The zero-order chi connectivity index (χ0) is 21.4. The molecule has 10 heteroatoms. The molecule has 0 bridgehead atoms. The number of nitrogens with two attached hydrogens (primary N) is 1. The molecule has 3 aromatic heterocycles. The van der Waals surface area contributed by atoms with E-state index in [2.05, 4.69) is 33.3 Å². The van der Waals surface area contributed by atoms with Crippen LogP contribution in [0.1, 0.15) is 43.5 Å². The number of aromatic nitrogens is 6. The Morgan fingerprint density at radius 2 is 2.10 bits per heavy atom. The van der Waals surface area contributed by atoms with Gasteiger partial charge in [0.2, 0.25) is 5.95 Å². The molecule has 2 unspecified atom stereocenters. The Morgan fingerprint density at radius 3 is 2.87 bits per heavy atom. The van der Waals surface area contributed by atoms with E-state index in [1.54, 1.807) is 4.68 Å². The minimum absolute atomic E-state index is 0.140. The molecule has 2 N–H and O–H groups in total. The van der Waals surface area contributed by atoms with Gasteiger partial charge in [-0.05, 0) is 31.6 Å². The van der Waals surface area contributed by atoms with Crippen molar-refractivity contribution >= 4 is 17.1 Å². The van der Waals surface area contributed by atoms with Gasteiger partial charge in [0.05, 0.1) is 43.0 Å². The van der Waals surface area contributed by atoms with Gasteiger partial charge in [0.1, 0.15) is 11.8 Å². The second-order valence-electron chi connectivity index (χ2n) is 7.98. The third-order valence-electron chi connectivity index (χ3n) is 5.50. The molecule has 5 heterocycles. The molecule has 3 atom stereocenters. The number of hydrogen-bond donors (Lipinski definition) is 1. The van der Waals surface area contributed by atoms with Crippen LogP contribution in [0.2, 0.25) is 0 Å². The van der Waals surface area contributed by atoms with Gasteiger partial charge in [-0.2, -0.15) is 4.98 Å². The van der Waals surface area contributed by atoms with E-state index >= 15 is 0 Å². The van der Waals surface area contributed by atoms with Crippen LogP contribution in [-0.2, 0) is 27.4 Å². The average molecular weight is 423 g/mol. The fourth-order valence-electron chi connectivity index (χ4n) is 4.01. The van der Waals surface area contributed by atoms with Gasteiger partial charge in [0.15, 0.2) is 11.2 Å². The van der Waals surface area contributed by atoms with Crippen molar-refractivity contribution < 1.29 is 14.2 Å². The maximum Gasteiger partial charge on any atom is 0.222 e. The topological polar surface area (TPSA) is 123 Å². The van der Waals surface area contributed by atoms with Crippen LogP contribution in [0.25, 0.3) is 11.2 Å². The second kappa shape index (κ2) is 8.20. The van der Waals surface area contributed by atoms with Gasteiger partial charge in [-0.3, -0.25) is 4.98 Å². The lowest BCUT2D eigenvalue weighted by Crippen LogP contribution is -2.13. The SMILES string of the molecule is CC1=CC(C)C(c2nc(N)nc3c2nnn3Cc2cccc(CO[C@H]3CCOC3)n2)O1. The minimum atomic E-state index is -0.254. The van der Waals surface area contributed by atoms with E-state index in [-0.39, 0.29) is 24.1 Å². The predicted octanol–water partition coefficient (Wildman–Crippen LogP) is 2.16. The lowest BCUT2D eigenvalue weighted by Gasteiger charge is -2.16. The van der Waals surface area contributed by atoms with E-state index in [0.29, 0.717) is 36.6 Å². The third-order valence-corrected chi connectivity index (χ3v) is 5.50. The summed E-state index contributed by atoms with van der Waals surface area (Å²) in [6, 6.07) is 5.85. The van der Waals surface area contributed by atoms with Crippen molar-refractivity contribution in [3.05, 3.63) is 47.1 Å². The predicted molar refractivity (Wildman–Crippen MR) is 112 cm³/mol. The van der Waals surface area contributed by atoms with Gasteiger partial charge in [0.25, 0.3) is 0 Å². The highest BCUT2D eigenvalue weighted by atomic mass is 16.5. The summed E-state index contributed by atoms with van der Waals surface area (Å²) in [5, 5.41) is 8.63. The van der Waals surface area contributed by atoms with Crippen molar-refractivity contribution in [2.75, 3.05) is 18.9 Å². The highest BCUT2D eigenvalue weighted by Gasteiger charge is 2.31. The number of anilines is 1. The van der Waals surface area contributed by atoms with E-state index in [1.807, 2.05) is 25.1 Å². The smallest absolute Gasteiger partial charge is 0.222 e. The van der Waals surface area contributed by atoms with Crippen LogP contribution in [0.15, 0.2) is 30.0 Å². The van der Waals surface area contributed by atoms with Crippen molar-refractivity contribution in [1.29, 1.82) is 0 Å². The van der Waals surface area contributed by atoms with Crippen LogP contribution in [0, 0.1) is 5.92 Å². The number of rotatable bonds is 6. The normalized spacial score (nSPS) is 23.3. The Labute approximate surface area is 179 Å². The molecule has 0 aromatic carbocycles. The lowest BCUT2D eigenvalue weighted by atomic mass is 10.0. The van der Waals surface area contributed by atoms with E-state index in [1.165, 1.54) is 0 Å². The van der Waals surface area contributed by atoms with Gasteiger partial charge in [-0.1, -0.05) is 18.2 Å². The highest BCUT2D eigenvalue weighted by molar-refractivity contribution is 5.74. The van der Waals surface area contributed by atoms with Gasteiger partial charge in [0, 0.05) is 12.5 Å². The largest absolute Gasteiger partial charge is 0.488 e. The van der Waals surface area contributed by atoms with E-state index in [0.717, 1.165) is 30.2 Å². The first-order chi connectivity index (χ1) is 15.1. The average Bonchev–Trinajstić information content (AvgIpc) is 3.47. The zero-order valence-corrected chi connectivity index (χ0v) is 17.6. The number of nitrogen functional groups attached to an aromatic ring is 1. The zero-order valence-electron chi connectivity index (χ0n) is 17.6. The number of hydrogen-bond acceptors (Lipinski definition) is 9. The second-order valence-corrected chi connectivity index (χ2v) is 7.98. The molecule has 5 rings (SSSR count). The molecule has 0 amide bonds. The number of pyridine rings is 1. The Kier molecular flexibility index (Phi) is 5.24. The summed E-state index contributed by atoms with van der Waals surface area (Å²) in [7, 11) is 0. The molecule has 0 spiro atoms. The van der Waals surface area contributed by atoms with E-state index in [4.69, 9.17) is 24.9 Å². The van der Waals surface area contributed by atoms with Crippen LogP contribution in [0.5, 0.6) is 0 Å². The van der Waals surface area contributed by atoms with Crippen LogP contribution in [0.4, 0.5) is 5.95 Å². The van der Waals surface area contributed by atoms with Crippen molar-refractivity contribution in [1.82, 2.24) is 29.9 Å². The molecule has 1 saturated heterocycles. The molecular weight excluding hydrogens is 398 g/mol. The van der Waals surface area contributed by atoms with Crippen molar-refractivity contribution in [2.45, 2.75) is 45.6 Å². The Hall–Kier alpha value is -3.11. The van der Waals surface area contributed by atoms with Crippen LogP contribution >= 0.6 is 0 Å². The summed E-state index contributed by atoms with van der Waals surface area (Å²) in [4.78, 5) is 13.5. The number of ether oxygens (including phenoxy) is 3. The monoisotopic (exact) mass is 423 g/mol. The van der Waals surface area contributed by atoms with Gasteiger partial charge in [-0.25, -0.2) is 9.67 Å². The standard InChI is InChI=1S/C21H25N7O3/c1-12-8-13(2)31-19(12)17-18-20(25-21(22)24-17)28(27-26-18)9-14-4-3-5-15(23-14)10-30-16-6-7-29-11-16/h3-5,8,12,16,19H,6-7,9-11H2,1-2H3,(H2,22,24,25)/t12?,16-,19?/m0/s1. The summed E-state index contributed by atoms with van der Waals surface area (Å²) in [6.07, 6.45) is 2.87. The van der Waals surface area contributed by atoms with E-state index in [9.17, 15) is 0 Å². The number of nitrogens with zero attached hydrogens (tertiary/aromatic N) is 6. The fourth-order valence-corrected chi connectivity index (χ4v) is 4.01. The summed E-state index contributed by atoms with van der Waals surface area (Å²) >= 11 is 0. The summed E-state index contributed by atoms with van der Waals surface area (Å²) in [5.41, 5.74) is 9.51. The minimum Gasteiger partial charge on any atom is -0.488 e. The van der Waals surface area contributed by atoms with Crippen molar-refractivity contribution in [3.63, 3.8) is 0 Å². The van der Waals surface area contributed by atoms with Crippen LogP contribution in [0.3, 0.4) is 0 Å². The van der Waals surface area contributed by atoms with Crippen molar-refractivity contribution in [2.24, 2.45) is 5.92 Å². The number of fused-ring (bicyclic) bond motifs is 1. The van der Waals surface area contributed by atoms with Crippen LogP contribution < -0.4 is 5.73 Å². The molecule has 0 aliphatic carbocycles. The summed E-state index contributed by atoms with van der Waals surface area (Å²) in [5.74, 6) is 1.19. The third kappa shape index (κ3) is 4.08. The molecule has 2 aliphatic rings. The number of allylic oxidation sites excluding steroid dienone is 1. The molecule has 0 radical (unpaired) electrons. The van der Waals surface area contributed by atoms with Crippen LogP contribution in [-0.4, -0.2) is 49.3 Å². The molecule has 0 saturated carbocycles. The lowest BCUT2D eigenvalue weighted by molar-refractivity contribution is 0.0301. The first-order valence-corrected chi connectivity index (χ1v) is 10.4. The Morgan fingerprint density at radius 1 is 1.23 bits per heavy atom. The molecule has 3 aromatic rings. The van der Waals surface area contributed by atoms with Crippen molar-refractivity contribution in [3.8, 4) is 0 Å². The summed E-state index contributed by atoms with van der Waals surface area (Å²) in [6.45, 7) is 6.26. The first-order valence-electron chi connectivity index (χ1n) is 10.4. The molecular formula is C21H25N7O3. The molecule has 10 nitrogen and oxygen atoms in total. The fraction of sp³-hybridized carbons (Fsp3) is 0.476. The Bertz CT molecular complexity index is 1120. The first kappa shape index (κ1) is 19.8. The molecule has 1 fully saturated rings. The quantitative estimate of drug-likeness (QED) is 0.635. The molecule has 31 heavy (non-hydrogen) atoms. The van der Waals surface area contributed by atoms with Gasteiger partial charge in [-0.15, -0.1) is 5.10 Å². The summed E-state index contributed by atoms with van der Waals surface area (Å²) < 4.78 is 18.9.